The number of hydrogen-bond donors (Lipinski definition) is 1. The van der Waals surface area contributed by atoms with Crippen LogP contribution in [0.1, 0.15) is 52.0 Å². The highest BCUT2D eigenvalue weighted by atomic mass is 16.3. The lowest BCUT2D eigenvalue weighted by Crippen LogP contribution is -1.88. The lowest BCUT2D eigenvalue weighted by molar-refractivity contribution is -0.118. The molecule has 1 rings (SSSR count). The van der Waals surface area contributed by atoms with E-state index in [0.29, 0.717) is 30.3 Å². The van der Waals surface area contributed by atoms with E-state index >= 15 is 0 Å². The number of hydrogen-bond acceptors (Lipinski definition) is 2. The van der Waals surface area contributed by atoms with Gasteiger partial charge in [0.25, 0.3) is 0 Å². The Hall–Kier alpha value is -1.31. The van der Waals surface area contributed by atoms with Gasteiger partial charge >= 0.3 is 0 Å². The van der Waals surface area contributed by atoms with Crippen molar-refractivity contribution in [2.24, 2.45) is 0 Å². The number of aromatic hydroxyl groups is 1. The second-order valence-electron chi connectivity index (χ2n) is 3.99. The molecule has 0 fully saturated rings. The first kappa shape index (κ1) is 14.7. The minimum Gasteiger partial charge on any atom is -0.508 e. The van der Waals surface area contributed by atoms with E-state index in [1.54, 1.807) is 12.1 Å². The summed E-state index contributed by atoms with van der Waals surface area (Å²) in [7, 11) is 0. The van der Waals surface area contributed by atoms with Crippen molar-refractivity contribution in [3.63, 3.8) is 0 Å². The Bertz CT molecular complexity index is 293. The van der Waals surface area contributed by atoms with Crippen LogP contribution < -0.4 is 0 Å². The topological polar surface area (TPSA) is 37.3 Å². The van der Waals surface area contributed by atoms with Gasteiger partial charge in [-0.05, 0) is 23.6 Å². The van der Waals surface area contributed by atoms with Crippen LogP contribution in [-0.2, 0) is 4.79 Å². The van der Waals surface area contributed by atoms with Gasteiger partial charge in [-0.3, -0.25) is 4.79 Å². The molecule has 0 aliphatic carbocycles. The van der Waals surface area contributed by atoms with Crippen molar-refractivity contribution in [1.82, 2.24) is 0 Å². The van der Waals surface area contributed by atoms with Crippen LogP contribution in [0.15, 0.2) is 24.3 Å². The van der Waals surface area contributed by atoms with E-state index in [2.05, 4.69) is 13.8 Å². The fraction of sp³-hybridized carbons (Fsp3) is 0.500. The largest absolute Gasteiger partial charge is 0.508 e. The molecule has 2 nitrogen and oxygen atoms in total. The molecule has 0 saturated heterocycles. The summed E-state index contributed by atoms with van der Waals surface area (Å²) in [5.41, 5.74) is 1.26. The van der Waals surface area contributed by atoms with Crippen LogP contribution in [-0.4, -0.2) is 10.9 Å². The van der Waals surface area contributed by atoms with Crippen LogP contribution in [0, 0.1) is 0 Å². The zero-order chi connectivity index (χ0) is 12.6. The van der Waals surface area contributed by atoms with Crippen LogP contribution in [0.25, 0.3) is 0 Å². The summed E-state index contributed by atoms with van der Waals surface area (Å²) in [5, 5.41) is 8.94. The Balaban J connectivity index is 0.000000325. The molecule has 0 aliphatic heterocycles. The van der Waals surface area contributed by atoms with Gasteiger partial charge in [-0.2, -0.15) is 0 Å². The highest BCUT2D eigenvalue weighted by molar-refractivity contribution is 5.77. The molecule has 90 valence electrons. The van der Waals surface area contributed by atoms with E-state index < -0.39 is 0 Å². The van der Waals surface area contributed by atoms with Crippen LogP contribution in [0.5, 0.6) is 5.75 Å². The summed E-state index contributed by atoms with van der Waals surface area (Å²) in [6, 6.07) is 7.32. The van der Waals surface area contributed by atoms with E-state index in [-0.39, 0.29) is 0 Å². The number of benzene rings is 1. The second-order valence-corrected chi connectivity index (χ2v) is 3.99. The Morgan fingerprint density at radius 2 is 1.56 bits per heavy atom. The molecule has 16 heavy (non-hydrogen) atoms. The van der Waals surface area contributed by atoms with Gasteiger partial charge < -0.3 is 5.11 Å². The fourth-order valence-corrected chi connectivity index (χ4v) is 1.11. The Morgan fingerprint density at radius 1 is 1.12 bits per heavy atom. The summed E-state index contributed by atoms with van der Waals surface area (Å²) in [5.74, 6) is 1.22. The van der Waals surface area contributed by atoms with Crippen molar-refractivity contribution in [1.29, 1.82) is 0 Å². The van der Waals surface area contributed by atoms with Gasteiger partial charge in [0, 0.05) is 12.8 Å². The molecular formula is C14H22O2. The predicted octanol–water partition coefficient (Wildman–Crippen LogP) is 3.89. The van der Waals surface area contributed by atoms with Gasteiger partial charge in [-0.1, -0.05) is 39.8 Å². The number of carbonyl (C=O) groups is 1. The number of rotatable bonds is 3. The molecule has 0 atom stereocenters. The zero-order valence-electron chi connectivity index (χ0n) is 10.7. The molecule has 0 heterocycles. The third-order valence-corrected chi connectivity index (χ3v) is 2.35. The maximum Gasteiger partial charge on any atom is 0.132 e. The molecule has 0 spiro atoms. The monoisotopic (exact) mass is 222 g/mol. The molecule has 0 amide bonds. The Morgan fingerprint density at radius 3 is 1.81 bits per heavy atom. The molecule has 0 aromatic heterocycles. The van der Waals surface area contributed by atoms with E-state index in [1.807, 2.05) is 26.0 Å². The van der Waals surface area contributed by atoms with Crippen molar-refractivity contribution < 1.29 is 9.90 Å². The minimum atomic E-state index is 0.337. The van der Waals surface area contributed by atoms with Gasteiger partial charge in [0.1, 0.15) is 11.5 Å². The highest BCUT2D eigenvalue weighted by Gasteiger charge is 1.96. The number of Topliss-reactive ketones (excluding diaryl/α,β-unsaturated/α-hetero) is 1. The van der Waals surface area contributed by atoms with E-state index in [9.17, 15) is 4.79 Å². The second kappa shape index (κ2) is 7.91. The van der Waals surface area contributed by atoms with E-state index in [0.717, 1.165) is 0 Å². The van der Waals surface area contributed by atoms with Crippen molar-refractivity contribution in [3.8, 4) is 5.75 Å². The summed E-state index contributed by atoms with van der Waals surface area (Å²) in [6.45, 7) is 8.02. The smallest absolute Gasteiger partial charge is 0.132 e. The van der Waals surface area contributed by atoms with E-state index in [4.69, 9.17) is 5.11 Å². The molecule has 2 heteroatoms. The molecule has 0 bridgehead atoms. The van der Waals surface area contributed by atoms with Gasteiger partial charge in [-0.25, -0.2) is 0 Å². The molecule has 0 aliphatic rings. The van der Waals surface area contributed by atoms with Crippen molar-refractivity contribution in [3.05, 3.63) is 29.8 Å². The zero-order valence-corrected chi connectivity index (χ0v) is 10.7. The average molecular weight is 222 g/mol. The molecule has 1 aromatic carbocycles. The summed E-state index contributed by atoms with van der Waals surface area (Å²) >= 11 is 0. The Kier molecular flexibility index (Phi) is 7.27. The molecule has 0 saturated carbocycles. The van der Waals surface area contributed by atoms with Crippen molar-refractivity contribution in [2.45, 2.75) is 46.5 Å². The van der Waals surface area contributed by atoms with Crippen molar-refractivity contribution >= 4 is 5.78 Å². The number of carbonyl (C=O) groups excluding carboxylic acids is 1. The average Bonchev–Trinajstić information content (AvgIpc) is 2.29. The first-order valence-corrected chi connectivity index (χ1v) is 5.81. The van der Waals surface area contributed by atoms with Crippen LogP contribution in [0.3, 0.4) is 0 Å². The maximum absolute atomic E-state index is 10.2. The van der Waals surface area contributed by atoms with Gasteiger partial charge in [0.05, 0.1) is 0 Å². The molecule has 1 N–H and O–H groups in total. The van der Waals surface area contributed by atoms with Crippen molar-refractivity contribution in [2.75, 3.05) is 0 Å². The Labute approximate surface area is 98.3 Å². The lowest BCUT2D eigenvalue weighted by atomic mass is 10.0. The first-order chi connectivity index (χ1) is 7.51. The quantitative estimate of drug-likeness (QED) is 0.842. The third-order valence-electron chi connectivity index (χ3n) is 2.35. The standard InChI is InChI=1S/C9H12O.C5H10O/c1-7(2)8-3-5-9(10)6-4-8;1-3-5(6)4-2/h3-7,10H,1-2H3;3-4H2,1-2H3. The fourth-order valence-electron chi connectivity index (χ4n) is 1.11. The molecule has 1 aromatic rings. The maximum atomic E-state index is 10.2. The molecule has 0 radical (unpaired) electrons. The number of phenols is 1. The number of phenolic OH excluding ortho intramolecular Hbond substituents is 1. The van der Waals surface area contributed by atoms with Crippen LogP contribution in [0.2, 0.25) is 0 Å². The summed E-state index contributed by atoms with van der Waals surface area (Å²) in [4.78, 5) is 10.2. The number of ketones is 1. The third kappa shape index (κ3) is 6.23. The highest BCUT2D eigenvalue weighted by Crippen LogP contribution is 2.16. The molecule has 0 unspecified atom stereocenters. The van der Waals surface area contributed by atoms with Gasteiger partial charge in [-0.15, -0.1) is 0 Å². The summed E-state index contributed by atoms with van der Waals surface area (Å²) < 4.78 is 0. The van der Waals surface area contributed by atoms with Crippen LogP contribution >= 0.6 is 0 Å². The summed E-state index contributed by atoms with van der Waals surface area (Å²) in [6.07, 6.45) is 1.38. The lowest BCUT2D eigenvalue weighted by Gasteiger charge is -2.03. The predicted molar refractivity (Wildman–Crippen MR) is 67.8 cm³/mol. The normalized spacial score (nSPS) is 9.56. The van der Waals surface area contributed by atoms with Gasteiger partial charge in [0.15, 0.2) is 0 Å². The molecular weight excluding hydrogens is 200 g/mol. The SMILES string of the molecule is CC(C)c1ccc(O)cc1.CCC(=O)CC. The van der Waals surface area contributed by atoms with Crippen LogP contribution in [0.4, 0.5) is 0 Å². The first-order valence-electron chi connectivity index (χ1n) is 5.81. The van der Waals surface area contributed by atoms with Gasteiger partial charge in [0.2, 0.25) is 0 Å². The van der Waals surface area contributed by atoms with E-state index in [1.165, 1.54) is 5.56 Å². The minimum absolute atomic E-state index is 0.337.